The van der Waals surface area contributed by atoms with Crippen LogP contribution in [0.4, 0.5) is 0 Å². The summed E-state index contributed by atoms with van der Waals surface area (Å²) in [6, 6.07) is 23.6. The van der Waals surface area contributed by atoms with Crippen molar-refractivity contribution in [3.63, 3.8) is 0 Å². The Labute approximate surface area is 195 Å². The van der Waals surface area contributed by atoms with Gasteiger partial charge in [-0.2, -0.15) is 5.26 Å². The lowest BCUT2D eigenvalue weighted by atomic mass is 9.84. The van der Waals surface area contributed by atoms with E-state index in [1.807, 2.05) is 95.3 Å². The number of amides is 1. The number of allylic oxidation sites excluding steroid dienone is 2. The Hall–Kier alpha value is -3.84. The van der Waals surface area contributed by atoms with Gasteiger partial charge in [0.2, 0.25) is 5.91 Å². The monoisotopic (exact) mass is 436 g/mol. The third kappa shape index (κ3) is 4.40. The standard InChI is InChI=1S/C29H28N2O2/c1-18-14-19(2)16-20(15-18)23(17-30)27(29(3,4)5)31-28(32)26-21-10-6-8-12-24(21)33-25-13-9-7-11-22(25)26/h6-16,26H,1-5H3,(H,31,32)/b27-23-. The molecule has 1 aliphatic rings. The number of carbonyl (C=O) groups excluding carboxylic acids is 1. The van der Waals surface area contributed by atoms with Gasteiger partial charge in [0.15, 0.2) is 0 Å². The molecule has 0 aliphatic carbocycles. The average Bonchev–Trinajstić information content (AvgIpc) is 2.75. The van der Waals surface area contributed by atoms with E-state index in [0.717, 1.165) is 27.8 Å². The molecule has 0 fully saturated rings. The molecule has 1 amide bonds. The normalized spacial score (nSPS) is 13.7. The van der Waals surface area contributed by atoms with Gasteiger partial charge in [-0.25, -0.2) is 0 Å². The van der Waals surface area contributed by atoms with Gasteiger partial charge >= 0.3 is 0 Å². The zero-order valence-corrected chi connectivity index (χ0v) is 19.7. The van der Waals surface area contributed by atoms with Gasteiger partial charge < -0.3 is 10.1 Å². The van der Waals surface area contributed by atoms with Gasteiger partial charge in [-0.15, -0.1) is 0 Å². The maximum atomic E-state index is 13.9. The van der Waals surface area contributed by atoms with Crippen LogP contribution in [0.1, 0.15) is 54.5 Å². The molecule has 33 heavy (non-hydrogen) atoms. The molecular formula is C29H28N2O2. The van der Waals surface area contributed by atoms with E-state index in [1.54, 1.807) is 0 Å². The summed E-state index contributed by atoms with van der Waals surface area (Å²) in [6.45, 7) is 10.0. The Bertz CT molecular complexity index is 1240. The van der Waals surface area contributed by atoms with Crippen molar-refractivity contribution in [3.8, 4) is 17.6 Å². The predicted molar refractivity (Wildman–Crippen MR) is 131 cm³/mol. The molecule has 3 aromatic carbocycles. The van der Waals surface area contributed by atoms with Crippen molar-refractivity contribution in [1.82, 2.24) is 5.32 Å². The molecule has 1 heterocycles. The third-order valence-corrected chi connectivity index (χ3v) is 5.81. The smallest absolute Gasteiger partial charge is 0.236 e. The lowest BCUT2D eigenvalue weighted by molar-refractivity contribution is -0.121. The predicted octanol–water partition coefficient (Wildman–Crippen LogP) is 6.64. The summed E-state index contributed by atoms with van der Waals surface area (Å²) >= 11 is 0. The number of ether oxygens (including phenoxy) is 1. The fourth-order valence-corrected chi connectivity index (χ4v) is 4.40. The zero-order valence-electron chi connectivity index (χ0n) is 19.7. The molecule has 0 spiro atoms. The van der Waals surface area contributed by atoms with Crippen molar-refractivity contribution in [2.75, 3.05) is 0 Å². The Morgan fingerprint density at radius 3 is 1.91 bits per heavy atom. The molecule has 0 atom stereocenters. The Kier molecular flexibility index (Phi) is 5.82. The Balaban J connectivity index is 1.83. The van der Waals surface area contributed by atoms with Gasteiger partial charge in [0.1, 0.15) is 17.6 Å². The molecule has 3 aromatic rings. The van der Waals surface area contributed by atoms with Gasteiger partial charge in [0, 0.05) is 22.2 Å². The van der Waals surface area contributed by atoms with Crippen LogP contribution >= 0.6 is 0 Å². The van der Waals surface area contributed by atoms with Crippen LogP contribution in [0.2, 0.25) is 0 Å². The molecule has 4 nitrogen and oxygen atoms in total. The summed E-state index contributed by atoms with van der Waals surface area (Å²) in [7, 11) is 0. The minimum Gasteiger partial charge on any atom is -0.457 e. The number of para-hydroxylation sites is 2. The van der Waals surface area contributed by atoms with Crippen molar-refractivity contribution in [3.05, 3.63) is 100 Å². The van der Waals surface area contributed by atoms with E-state index in [2.05, 4.69) is 17.5 Å². The van der Waals surface area contributed by atoms with Crippen LogP contribution in [-0.4, -0.2) is 5.91 Å². The number of aryl methyl sites for hydroxylation is 2. The van der Waals surface area contributed by atoms with Gasteiger partial charge in [-0.1, -0.05) is 86.5 Å². The molecule has 1 aliphatic heterocycles. The third-order valence-electron chi connectivity index (χ3n) is 5.81. The number of hydrogen-bond donors (Lipinski definition) is 1. The molecule has 166 valence electrons. The highest BCUT2D eigenvalue weighted by molar-refractivity contribution is 5.93. The van der Waals surface area contributed by atoms with E-state index in [9.17, 15) is 10.1 Å². The topological polar surface area (TPSA) is 62.1 Å². The minimum atomic E-state index is -0.539. The molecule has 4 heteroatoms. The largest absolute Gasteiger partial charge is 0.457 e. The summed E-state index contributed by atoms with van der Waals surface area (Å²) in [5, 5.41) is 13.3. The van der Waals surface area contributed by atoms with Gasteiger partial charge in [-0.05, 0) is 31.5 Å². The molecule has 0 radical (unpaired) electrons. The van der Waals surface area contributed by atoms with Crippen LogP contribution in [0.15, 0.2) is 72.4 Å². The summed E-state index contributed by atoms with van der Waals surface area (Å²) in [6.07, 6.45) is 0. The summed E-state index contributed by atoms with van der Waals surface area (Å²) < 4.78 is 6.05. The molecule has 0 saturated heterocycles. The highest BCUT2D eigenvalue weighted by Gasteiger charge is 2.34. The quantitative estimate of drug-likeness (QED) is 0.468. The molecule has 0 bridgehead atoms. The lowest BCUT2D eigenvalue weighted by Crippen LogP contribution is -2.36. The number of nitrogens with zero attached hydrogens (tertiary/aromatic N) is 1. The second-order valence-electron chi connectivity index (χ2n) is 9.59. The Morgan fingerprint density at radius 1 is 0.909 bits per heavy atom. The number of carbonyl (C=O) groups is 1. The molecule has 0 unspecified atom stereocenters. The SMILES string of the molecule is Cc1cc(C)cc(/C(C#N)=C(\NC(=O)C2c3ccccc3Oc3ccccc32)C(C)(C)C)c1. The minimum absolute atomic E-state index is 0.180. The van der Waals surface area contributed by atoms with Crippen LogP contribution in [-0.2, 0) is 4.79 Å². The fourth-order valence-electron chi connectivity index (χ4n) is 4.40. The molecule has 4 rings (SSSR count). The van der Waals surface area contributed by atoms with E-state index < -0.39 is 11.3 Å². The van der Waals surface area contributed by atoms with Gasteiger partial charge in [0.25, 0.3) is 0 Å². The van der Waals surface area contributed by atoms with Crippen molar-refractivity contribution in [2.24, 2.45) is 5.41 Å². The molecule has 0 saturated carbocycles. The second kappa shape index (κ2) is 8.60. The Morgan fingerprint density at radius 2 is 1.42 bits per heavy atom. The summed E-state index contributed by atoms with van der Waals surface area (Å²) in [4.78, 5) is 13.9. The maximum Gasteiger partial charge on any atom is 0.236 e. The van der Waals surface area contributed by atoms with Crippen LogP contribution in [0.3, 0.4) is 0 Å². The second-order valence-corrected chi connectivity index (χ2v) is 9.59. The van der Waals surface area contributed by atoms with Crippen LogP contribution in [0, 0.1) is 30.6 Å². The van der Waals surface area contributed by atoms with Crippen molar-refractivity contribution in [1.29, 1.82) is 5.26 Å². The van der Waals surface area contributed by atoms with Crippen LogP contribution in [0.5, 0.6) is 11.5 Å². The molecule has 1 N–H and O–H groups in total. The number of rotatable bonds is 3. The first-order chi connectivity index (χ1) is 15.7. The maximum absolute atomic E-state index is 13.9. The molecule has 0 aromatic heterocycles. The van der Waals surface area contributed by atoms with E-state index in [4.69, 9.17) is 4.74 Å². The van der Waals surface area contributed by atoms with Crippen molar-refractivity contribution in [2.45, 2.75) is 40.5 Å². The highest BCUT2D eigenvalue weighted by atomic mass is 16.5. The van der Waals surface area contributed by atoms with Crippen LogP contribution in [0.25, 0.3) is 5.57 Å². The first-order valence-corrected chi connectivity index (χ1v) is 11.1. The lowest BCUT2D eigenvalue weighted by Gasteiger charge is -2.31. The average molecular weight is 437 g/mol. The van der Waals surface area contributed by atoms with E-state index >= 15 is 0 Å². The number of nitrogens with one attached hydrogen (secondary N) is 1. The van der Waals surface area contributed by atoms with Gasteiger partial charge in [0.05, 0.1) is 11.5 Å². The van der Waals surface area contributed by atoms with Gasteiger partial charge in [-0.3, -0.25) is 4.79 Å². The fraction of sp³-hybridized carbons (Fsp3) is 0.241. The molecular weight excluding hydrogens is 408 g/mol. The van der Waals surface area contributed by atoms with Crippen molar-refractivity contribution < 1.29 is 9.53 Å². The number of fused-ring (bicyclic) bond motifs is 2. The first-order valence-electron chi connectivity index (χ1n) is 11.1. The summed E-state index contributed by atoms with van der Waals surface area (Å²) in [5.41, 5.74) is 5.22. The number of benzene rings is 3. The van der Waals surface area contributed by atoms with Crippen molar-refractivity contribution >= 4 is 11.5 Å². The number of nitriles is 1. The highest BCUT2D eigenvalue weighted by Crippen LogP contribution is 2.44. The van der Waals surface area contributed by atoms with Crippen LogP contribution < -0.4 is 10.1 Å². The zero-order chi connectivity index (χ0) is 23.8. The van der Waals surface area contributed by atoms with E-state index in [1.165, 1.54) is 0 Å². The first kappa shape index (κ1) is 22.4. The number of hydrogen-bond acceptors (Lipinski definition) is 3. The van der Waals surface area contributed by atoms with E-state index in [-0.39, 0.29) is 5.91 Å². The van der Waals surface area contributed by atoms with E-state index in [0.29, 0.717) is 22.8 Å². The summed E-state index contributed by atoms with van der Waals surface area (Å²) in [5.74, 6) is 0.628.